The van der Waals surface area contributed by atoms with Crippen LogP contribution in [0.3, 0.4) is 0 Å². The average molecular weight is 837 g/mol. The predicted octanol–water partition coefficient (Wildman–Crippen LogP) is 12.5. The fourth-order valence-corrected chi connectivity index (χ4v) is 6.44. The van der Waals surface area contributed by atoms with Crippen LogP contribution in [0.15, 0.2) is 89.4 Å². The zero-order chi connectivity index (χ0) is 35.0. The van der Waals surface area contributed by atoms with Gasteiger partial charge in [-0.3, -0.25) is 9.78 Å². The molecule has 263 valence electrons. The number of furan rings is 1. The minimum absolute atomic E-state index is 0. The van der Waals surface area contributed by atoms with Crippen LogP contribution in [0.1, 0.15) is 99.1 Å². The molecule has 0 amide bonds. The molecule has 0 saturated carbocycles. The summed E-state index contributed by atoms with van der Waals surface area (Å²) >= 11 is 0. The predicted molar refractivity (Wildman–Crippen MR) is 202 cm³/mol. The van der Waals surface area contributed by atoms with E-state index < -0.39 is 0 Å². The molecule has 0 fully saturated rings. The second kappa shape index (κ2) is 17.9. The van der Waals surface area contributed by atoms with Crippen molar-refractivity contribution in [3.63, 3.8) is 0 Å². The van der Waals surface area contributed by atoms with E-state index >= 15 is 0 Å². The standard InChI is InChI=1S/C31H30NO.C13H24O2.Ir/c1-20(2)14-26-17-24(16-23-11-13-33-30(23)26)21-10-12-32-29(19-21)25-15-22-8-6-7-9-27(22)28(18-25)31(3,4)5;1-5-10(6-2)12(14)9-13(15)11(7-3)8-4;/h6-13,16-20H,14H2,1-5H3;9-11,14H,5-8H2,1-4H3;/q-1;;/b;12-9-;. The number of hydrogen-bond donors (Lipinski definition) is 1. The third-order valence-electron chi connectivity index (χ3n) is 9.29. The molecule has 0 bridgehead atoms. The Kier molecular flexibility index (Phi) is 14.6. The second-order valence-electron chi connectivity index (χ2n) is 14.4. The molecule has 0 unspecified atom stereocenters. The van der Waals surface area contributed by atoms with E-state index in [9.17, 15) is 9.90 Å². The van der Waals surface area contributed by atoms with Crippen LogP contribution in [0.5, 0.6) is 0 Å². The van der Waals surface area contributed by atoms with Crippen molar-refractivity contribution in [1.29, 1.82) is 0 Å². The Morgan fingerprint density at radius 3 is 2.20 bits per heavy atom. The first-order valence-corrected chi connectivity index (χ1v) is 17.8. The van der Waals surface area contributed by atoms with Crippen molar-refractivity contribution < 1.29 is 34.4 Å². The van der Waals surface area contributed by atoms with Crippen LogP contribution < -0.4 is 0 Å². The number of aliphatic hydroxyl groups is 1. The molecule has 5 rings (SSSR count). The normalized spacial score (nSPS) is 12.0. The molecule has 0 spiro atoms. The number of pyridine rings is 1. The maximum atomic E-state index is 11.7. The summed E-state index contributed by atoms with van der Waals surface area (Å²) in [4.78, 5) is 16.5. The minimum atomic E-state index is 0. The minimum Gasteiger partial charge on any atom is -0.512 e. The van der Waals surface area contributed by atoms with Crippen molar-refractivity contribution >= 4 is 27.5 Å². The summed E-state index contributed by atoms with van der Waals surface area (Å²) in [5.41, 5.74) is 7.94. The van der Waals surface area contributed by atoms with Crippen LogP contribution in [0, 0.1) is 23.8 Å². The molecule has 2 aromatic heterocycles. The van der Waals surface area contributed by atoms with Gasteiger partial charge in [0.15, 0.2) is 5.78 Å². The van der Waals surface area contributed by atoms with E-state index in [4.69, 9.17) is 9.40 Å². The summed E-state index contributed by atoms with van der Waals surface area (Å²) in [7, 11) is 0. The van der Waals surface area contributed by atoms with Gasteiger partial charge in [-0.2, -0.15) is 0 Å². The first-order valence-electron chi connectivity index (χ1n) is 17.8. The third-order valence-corrected chi connectivity index (χ3v) is 9.29. The van der Waals surface area contributed by atoms with Crippen molar-refractivity contribution in [2.45, 2.75) is 99.8 Å². The molecule has 0 aliphatic rings. The van der Waals surface area contributed by atoms with E-state index in [0.29, 0.717) is 5.92 Å². The quantitative estimate of drug-likeness (QED) is 0.0818. The number of ketones is 1. The van der Waals surface area contributed by atoms with Crippen LogP contribution in [0.4, 0.5) is 0 Å². The molecule has 0 saturated heterocycles. The van der Waals surface area contributed by atoms with Gasteiger partial charge in [-0.15, -0.1) is 29.1 Å². The van der Waals surface area contributed by atoms with Gasteiger partial charge in [0.1, 0.15) is 5.58 Å². The van der Waals surface area contributed by atoms with E-state index in [1.807, 2.05) is 33.9 Å². The molecular formula is C44H54IrNO3-. The molecule has 1 N–H and O–H groups in total. The van der Waals surface area contributed by atoms with E-state index in [2.05, 4.69) is 101 Å². The number of hydrogen-bond acceptors (Lipinski definition) is 4. The molecule has 0 aliphatic carbocycles. The number of rotatable bonds is 11. The van der Waals surface area contributed by atoms with Crippen LogP contribution in [0.25, 0.3) is 44.1 Å². The number of fused-ring (bicyclic) bond motifs is 2. The van der Waals surface area contributed by atoms with E-state index in [-0.39, 0.29) is 48.9 Å². The van der Waals surface area contributed by atoms with Gasteiger partial charge >= 0.3 is 0 Å². The zero-order valence-corrected chi connectivity index (χ0v) is 33.2. The van der Waals surface area contributed by atoms with Crippen molar-refractivity contribution in [2.24, 2.45) is 17.8 Å². The molecule has 0 atom stereocenters. The Hall–Kier alpha value is -3.53. The summed E-state index contributed by atoms with van der Waals surface area (Å²) in [5, 5.41) is 13.3. The topological polar surface area (TPSA) is 63.3 Å². The number of allylic oxidation sites excluding steroid dienone is 2. The Morgan fingerprint density at radius 2 is 1.57 bits per heavy atom. The first kappa shape index (κ1) is 39.9. The van der Waals surface area contributed by atoms with Crippen LogP contribution in [0.2, 0.25) is 0 Å². The van der Waals surface area contributed by atoms with Crippen LogP contribution >= 0.6 is 0 Å². The van der Waals surface area contributed by atoms with Gasteiger partial charge in [-0.25, -0.2) is 0 Å². The summed E-state index contributed by atoms with van der Waals surface area (Å²) < 4.78 is 5.80. The van der Waals surface area contributed by atoms with Gasteiger partial charge in [0.25, 0.3) is 0 Å². The number of aliphatic hydroxyl groups excluding tert-OH is 1. The van der Waals surface area contributed by atoms with E-state index in [1.165, 1.54) is 28.2 Å². The molecule has 49 heavy (non-hydrogen) atoms. The molecule has 5 aromatic rings. The smallest absolute Gasteiger partial charge is 0.162 e. The SMILES string of the molecule is CC(C)Cc1cc(-c2ccnc(-c3[c-]c4ccccc4c(C(C)(C)C)c3)c2)cc2ccoc12.CCC(CC)C(=O)/C=C(\O)C(CC)CC.[Ir]. The average Bonchev–Trinajstić information content (AvgIpc) is 3.54. The van der Waals surface area contributed by atoms with Gasteiger partial charge < -0.3 is 9.52 Å². The second-order valence-corrected chi connectivity index (χ2v) is 14.4. The molecule has 1 radical (unpaired) electrons. The number of aromatic nitrogens is 1. The van der Waals surface area contributed by atoms with E-state index in [0.717, 1.165) is 65.3 Å². The monoisotopic (exact) mass is 837 g/mol. The Balaban J connectivity index is 0.000000347. The summed E-state index contributed by atoms with van der Waals surface area (Å²) in [5.74, 6) is 1.11. The van der Waals surface area contributed by atoms with Gasteiger partial charge in [-0.1, -0.05) is 97.5 Å². The fourth-order valence-electron chi connectivity index (χ4n) is 6.44. The molecule has 5 heteroatoms. The van der Waals surface area contributed by atoms with Gasteiger partial charge in [0.2, 0.25) is 0 Å². The van der Waals surface area contributed by atoms with Crippen molar-refractivity contribution in [3.8, 4) is 22.4 Å². The van der Waals surface area contributed by atoms with Crippen LogP contribution in [-0.2, 0) is 36.7 Å². The number of carbonyl (C=O) groups excluding carboxylic acids is 1. The maximum Gasteiger partial charge on any atom is 0.162 e. The third kappa shape index (κ3) is 10.0. The van der Waals surface area contributed by atoms with Crippen molar-refractivity contribution in [2.75, 3.05) is 0 Å². The van der Waals surface area contributed by atoms with Crippen molar-refractivity contribution in [3.05, 3.63) is 102 Å². The number of carbonyl (C=O) groups is 1. The number of benzene rings is 3. The molecular weight excluding hydrogens is 783 g/mol. The maximum absolute atomic E-state index is 11.7. The fraction of sp³-hybridized carbons (Fsp3) is 0.409. The number of nitrogens with zero attached hydrogens (tertiary/aromatic N) is 1. The molecule has 0 aliphatic heterocycles. The summed E-state index contributed by atoms with van der Waals surface area (Å²) in [6.07, 6.45) is 9.59. The molecule has 2 heterocycles. The Bertz CT molecular complexity index is 1850. The van der Waals surface area contributed by atoms with Gasteiger partial charge in [-0.05, 0) is 84.4 Å². The largest absolute Gasteiger partial charge is 0.512 e. The zero-order valence-electron chi connectivity index (χ0n) is 30.8. The Morgan fingerprint density at radius 1 is 0.898 bits per heavy atom. The summed E-state index contributed by atoms with van der Waals surface area (Å²) in [6, 6.07) is 25.2. The van der Waals surface area contributed by atoms with Gasteiger partial charge in [0.05, 0.1) is 12.0 Å². The summed E-state index contributed by atoms with van der Waals surface area (Å²) in [6.45, 7) is 19.3. The van der Waals surface area contributed by atoms with Crippen LogP contribution in [-0.4, -0.2) is 15.9 Å². The molecule has 3 aromatic carbocycles. The molecule has 4 nitrogen and oxygen atoms in total. The Labute approximate surface area is 307 Å². The van der Waals surface area contributed by atoms with E-state index in [1.54, 1.807) is 6.26 Å². The van der Waals surface area contributed by atoms with Gasteiger partial charge in [0, 0.05) is 55.3 Å². The first-order chi connectivity index (χ1) is 22.9. The van der Waals surface area contributed by atoms with Crippen molar-refractivity contribution in [1.82, 2.24) is 4.98 Å².